The van der Waals surface area contributed by atoms with Crippen molar-refractivity contribution in [2.45, 2.75) is 180 Å². The van der Waals surface area contributed by atoms with Crippen molar-refractivity contribution >= 4 is 22.7 Å². The lowest BCUT2D eigenvalue weighted by atomic mass is 9.94. The van der Waals surface area contributed by atoms with E-state index < -0.39 is 11.7 Å². The molecular formula is C68H96F3NO2. The van der Waals surface area contributed by atoms with Crippen LogP contribution in [0.5, 0.6) is 0 Å². The molecule has 0 saturated heterocycles. The molecule has 0 bridgehead atoms. The fourth-order valence-corrected chi connectivity index (χ4v) is 7.76. The molecule has 0 aromatic heterocycles. The highest BCUT2D eigenvalue weighted by Gasteiger charge is 2.31. The van der Waals surface area contributed by atoms with E-state index in [4.69, 9.17) is 5.73 Å². The number of aryl methyl sites for hydroxylation is 2. The molecule has 6 heteroatoms. The molecule has 3 nitrogen and oxygen atoms in total. The lowest BCUT2D eigenvalue weighted by molar-refractivity contribution is -0.137. The molecule has 0 unspecified atom stereocenters. The first kappa shape index (κ1) is 64.9. The van der Waals surface area contributed by atoms with Gasteiger partial charge in [-0.2, -0.15) is 13.2 Å². The van der Waals surface area contributed by atoms with E-state index in [9.17, 15) is 22.8 Å². The number of benzene rings is 4. The minimum Gasteiger partial charge on any atom is -0.402 e. The van der Waals surface area contributed by atoms with Crippen molar-refractivity contribution in [3.8, 4) is 0 Å². The SMILES string of the molecule is C.C=C(C(C)C)C1CC1.C=C(N)C(C)C.C=C(c1ccc(C(F)(F)F)cc1)C(C)C.C=C(c1ccc(C2CC2)cc1)C(C)C.CC(C)C(=O)c1cc(C2CC2)cc(C2CC2)c1.Cc1cc(C)cc(C(=O)C(C)C)c1. The van der Waals surface area contributed by atoms with E-state index in [-0.39, 0.29) is 31.0 Å². The summed E-state index contributed by atoms with van der Waals surface area (Å²) < 4.78 is 36.8. The standard InChI is InChI=1S/C16H20O.C14H18.C12H13F3.C12H16O.C8H14.C5H11N.CH4/c1-10(2)16(17)15-8-13(11-3-4-11)7-14(9-15)12-5-6-12;1-10(2)11(3)12-4-6-13(7-5-12)14-8-9-14;1-8(2)9(3)10-4-6-11(7-5-10)12(13,14)15;1-8(2)12(13)11-6-9(3)5-10(4)7-11;1-6(2)7(3)8-4-5-8;1-4(2)5(3)6;/h7-12H,3-6H2,1-2H3;4-7,10,14H,3,8-9H2,1-2H3;4-8H,3H2,1-2H3;5-8H,1-4H3;6,8H,3-5H2,1-2H3;4H,3,6H2,1-2H3;1H4. The average Bonchev–Trinajstić information content (AvgIpc) is 4.11. The Balaban J connectivity index is 0.000000311. The predicted molar refractivity (Wildman–Crippen MR) is 314 cm³/mol. The quantitative estimate of drug-likeness (QED) is 0.101. The third-order valence-corrected chi connectivity index (χ3v) is 13.8. The summed E-state index contributed by atoms with van der Waals surface area (Å²) in [5.74, 6) is 5.89. The molecule has 2 N–H and O–H groups in total. The first-order valence-corrected chi connectivity index (χ1v) is 27.1. The Hall–Kier alpha value is -5.23. The van der Waals surface area contributed by atoms with Gasteiger partial charge in [0.05, 0.1) is 5.56 Å². The van der Waals surface area contributed by atoms with Crippen LogP contribution in [-0.2, 0) is 6.18 Å². The first-order valence-electron chi connectivity index (χ1n) is 27.1. The molecule has 0 radical (unpaired) electrons. The summed E-state index contributed by atoms with van der Waals surface area (Å²) in [6.07, 6.45) is 6.53. The van der Waals surface area contributed by atoms with Gasteiger partial charge in [-0.3, -0.25) is 9.59 Å². The van der Waals surface area contributed by atoms with Gasteiger partial charge in [0.1, 0.15) is 0 Å². The van der Waals surface area contributed by atoms with E-state index in [0.29, 0.717) is 23.5 Å². The van der Waals surface area contributed by atoms with Crippen LogP contribution in [0.2, 0.25) is 0 Å². The van der Waals surface area contributed by atoms with Crippen LogP contribution in [0.15, 0.2) is 123 Å². The molecule has 4 aromatic rings. The second kappa shape index (κ2) is 29.8. The average molecular weight is 1020 g/mol. The molecule has 0 aliphatic heterocycles. The zero-order valence-corrected chi connectivity index (χ0v) is 47.4. The number of hydrogen-bond donors (Lipinski definition) is 1. The number of carbonyl (C=O) groups is 2. The van der Waals surface area contributed by atoms with Gasteiger partial charge in [-0.25, -0.2) is 0 Å². The Morgan fingerprint density at radius 2 is 0.797 bits per heavy atom. The predicted octanol–water partition coefficient (Wildman–Crippen LogP) is 20.4. The number of carbonyl (C=O) groups excluding carboxylic acids is 2. The summed E-state index contributed by atoms with van der Waals surface area (Å²) in [7, 11) is 0. The van der Waals surface area contributed by atoms with E-state index in [1.54, 1.807) is 0 Å². The lowest BCUT2D eigenvalue weighted by Gasteiger charge is -2.11. The molecular weight excluding hydrogens is 920 g/mol. The van der Waals surface area contributed by atoms with Crippen molar-refractivity contribution in [1.82, 2.24) is 0 Å². The van der Waals surface area contributed by atoms with Crippen molar-refractivity contribution in [2.75, 3.05) is 0 Å². The van der Waals surface area contributed by atoms with Gasteiger partial charge in [-0.05, 0) is 188 Å². The van der Waals surface area contributed by atoms with Crippen LogP contribution in [0.25, 0.3) is 11.1 Å². The molecule has 0 spiro atoms. The Kier molecular flexibility index (Phi) is 26.1. The van der Waals surface area contributed by atoms with Crippen molar-refractivity contribution < 1.29 is 22.8 Å². The third-order valence-electron chi connectivity index (χ3n) is 13.8. The molecule has 0 heterocycles. The number of nitrogens with two attached hydrogens (primary N) is 1. The van der Waals surface area contributed by atoms with Crippen molar-refractivity contribution in [3.05, 3.63) is 178 Å². The number of rotatable bonds is 14. The van der Waals surface area contributed by atoms with Crippen LogP contribution in [0.1, 0.15) is 225 Å². The number of alkyl halides is 3. The smallest absolute Gasteiger partial charge is 0.402 e. The van der Waals surface area contributed by atoms with Crippen molar-refractivity contribution in [1.29, 1.82) is 0 Å². The molecule has 4 aromatic carbocycles. The first-order chi connectivity index (χ1) is 34.0. The highest BCUT2D eigenvalue weighted by atomic mass is 19.4. The van der Waals surface area contributed by atoms with Crippen molar-refractivity contribution in [3.63, 3.8) is 0 Å². The molecule has 8 rings (SSSR count). The maximum absolute atomic E-state index is 12.3. The number of allylic oxidation sites excluding steroid dienone is 4. The van der Waals surface area contributed by atoms with E-state index in [1.165, 1.54) is 96.9 Å². The zero-order valence-electron chi connectivity index (χ0n) is 47.4. The summed E-state index contributed by atoms with van der Waals surface area (Å²) >= 11 is 0. The van der Waals surface area contributed by atoms with Gasteiger partial charge in [0.25, 0.3) is 0 Å². The second-order valence-corrected chi connectivity index (χ2v) is 22.9. The van der Waals surface area contributed by atoms with Crippen molar-refractivity contribution in [2.24, 2.45) is 47.2 Å². The summed E-state index contributed by atoms with van der Waals surface area (Å²) in [6.45, 7) is 44.2. The van der Waals surface area contributed by atoms with Crippen LogP contribution in [0, 0.1) is 55.3 Å². The molecule has 0 amide bonds. The second-order valence-electron chi connectivity index (χ2n) is 22.9. The van der Waals surface area contributed by atoms with Gasteiger partial charge in [0.2, 0.25) is 0 Å². The van der Waals surface area contributed by atoms with E-state index >= 15 is 0 Å². The summed E-state index contributed by atoms with van der Waals surface area (Å²) in [5.41, 5.74) is 19.4. The van der Waals surface area contributed by atoms with Gasteiger partial charge < -0.3 is 5.73 Å². The number of hydrogen-bond acceptors (Lipinski definition) is 3. The van der Waals surface area contributed by atoms with E-state index in [1.807, 2.05) is 81.4 Å². The maximum atomic E-state index is 12.3. The fourth-order valence-electron chi connectivity index (χ4n) is 7.76. The highest BCUT2D eigenvalue weighted by molar-refractivity contribution is 5.98. The van der Waals surface area contributed by atoms with Crippen LogP contribution in [-0.4, -0.2) is 11.6 Å². The molecule has 4 fully saturated rings. The highest BCUT2D eigenvalue weighted by Crippen LogP contribution is 2.46. The number of halogens is 3. The molecule has 4 aliphatic carbocycles. The number of ketones is 2. The van der Waals surface area contributed by atoms with Crippen LogP contribution >= 0.6 is 0 Å². The fraction of sp³-hybridized carbons (Fsp3) is 0.500. The van der Waals surface area contributed by atoms with Gasteiger partial charge in [0.15, 0.2) is 11.6 Å². The van der Waals surface area contributed by atoms with Crippen LogP contribution < -0.4 is 5.73 Å². The molecule has 406 valence electrons. The Bertz CT molecular complexity index is 2390. The topological polar surface area (TPSA) is 60.2 Å². The molecule has 4 saturated carbocycles. The lowest BCUT2D eigenvalue weighted by Crippen LogP contribution is -2.08. The Morgan fingerprint density at radius 3 is 1.07 bits per heavy atom. The largest absolute Gasteiger partial charge is 0.416 e. The normalized spacial score (nSPS) is 14.6. The Morgan fingerprint density at radius 1 is 0.459 bits per heavy atom. The minimum atomic E-state index is -4.27. The minimum absolute atomic E-state index is 0. The summed E-state index contributed by atoms with van der Waals surface area (Å²) in [4.78, 5) is 23.8. The summed E-state index contributed by atoms with van der Waals surface area (Å²) in [6, 6.07) is 26.7. The summed E-state index contributed by atoms with van der Waals surface area (Å²) in [5, 5.41) is 0. The van der Waals surface area contributed by atoms with Gasteiger partial charge in [0, 0.05) is 28.7 Å². The van der Waals surface area contributed by atoms with Gasteiger partial charge in [-0.1, -0.05) is 182 Å². The monoisotopic (exact) mass is 1020 g/mol. The van der Waals surface area contributed by atoms with Crippen LogP contribution in [0.3, 0.4) is 0 Å². The van der Waals surface area contributed by atoms with E-state index in [2.05, 4.69) is 103 Å². The van der Waals surface area contributed by atoms with E-state index in [0.717, 1.165) is 74.9 Å². The molecule has 74 heavy (non-hydrogen) atoms. The molecule has 0 atom stereocenters. The molecule has 4 aliphatic rings. The number of Topliss-reactive ketones (excluding diaryl/α,β-unsaturated/α-hetero) is 2. The Labute approximate surface area is 448 Å². The maximum Gasteiger partial charge on any atom is 0.416 e. The third kappa shape index (κ3) is 22.7. The van der Waals surface area contributed by atoms with Gasteiger partial charge in [-0.15, -0.1) is 0 Å². The van der Waals surface area contributed by atoms with Gasteiger partial charge >= 0.3 is 6.18 Å². The van der Waals surface area contributed by atoms with Crippen LogP contribution in [0.4, 0.5) is 13.2 Å². The zero-order chi connectivity index (χ0) is 55.1.